The van der Waals surface area contributed by atoms with Crippen molar-refractivity contribution in [3.05, 3.63) is 12.0 Å². The number of esters is 1. The molecule has 0 saturated carbocycles. The first kappa shape index (κ1) is 25.3. The Hall–Kier alpha value is -1.98. The predicted octanol–water partition coefficient (Wildman–Crippen LogP) is 1.60. The van der Waals surface area contributed by atoms with Gasteiger partial charge in [0.1, 0.15) is 18.1 Å². The maximum absolute atomic E-state index is 13.2. The van der Waals surface area contributed by atoms with Gasteiger partial charge in [0.25, 0.3) is 7.52 Å². The summed E-state index contributed by atoms with van der Waals surface area (Å²) in [5.74, 6) is 0.305. The first-order chi connectivity index (χ1) is 14.8. The van der Waals surface area contributed by atoms with Gasteiger partial charge in [-0.3, -0.25) is 9.36 Å². The van der Waals surface area contributed by atoms with Crippen molar-refractivity contribution in [2.45, 2.75) is 52.4 Å². The summed E-state index contributed by atoms with van der Waals surface area (Å²) in [7, 11) is -1.87. The maximum Gasteiger partial charge on any atom is 0.323 e. The minimum absolute atomic E-state index is 0.189. The summed E-state index contributed by atoms with van der Waals surface area (Å²) in [6.07, 6.45) is 2.58. The van der Waals surface area contributed by atoms with E-state index in [1.165, 1.54) is 0 Å². The molecule has 3 atom stereocenters. The molecular formula is C18H33N6O6P. The van der Waals surface area contributed by atoms with Crippen LogP contribution in [0.25, 0.3) is 0 Å². The number of hydrogen-bond acceptors (Lipinski definition) is 10. The molecule has 0 saturated heterocycles. The van der Waals surface area contributed by atoms with Gasteiger partial charge in [-0.05, 0) is 20.3 Å². The number of carbonyl (C=O) groups is 1. The van der Waals surface area contributed by atoms with E-state index >= 15 is 0 Å². The van der Waals surface area contributed by atoms with E-state index in [0.717, 1.165) is 12.8 Å². The number of nitrogens with one attached hydrogen (secondary N) is 2. The lowest BCUT2D eigenvalue weighted by molar-refractivity contribution is -0.144. The lowest BCUT2D eigenvalue weighted by Gasteiger charge is -2.23. The number of aliphatic imine (C=N–C) groups is 1. The predicted molar refractivity (Wildman–Crippen MR) is 115 cm³/mol. The molecule has 0 bridgehead atoms. The third-order valence-electron chi connectivity index (χ3n) is 4.39. The fourth-order valence-electron chi connectivity index (χ4n) is 2.81. The lowest BCUT2D eigenvalue weighted by Crippen LogP contribution is -2.38. The van der Waals surface area contributed by atoms with E-state index in [9.17, 15) is 9.36 Å². The Balaban J connectivity index is 1.94. The zero-order chi connectivity index (χ0) is 22.9. The first-order valence-corrected chi connectivity index (χ1v) is 12.1. The number of aromatic nitrogens is 2. The Bertz CT molecular complexity index is 801. The van der Waals surface area contributed by atoms with E-state index in [4.69, 9.17) is 24.5 Å². The molecule has 2 heterocycles. The Morgan fingerprint density at radius 1 is 1.42 bits per heavy atom. The fourth-order valence-corrected chi connectivity index (χ4v) is 4.52. The zero-order valence-electron chi connectivity index (χ0n) is 18.5. The number of hydrogen-bond donors (Lipinski definition) is 3. The number of ether oxygens (including phenoxy) is 3. The largest absolute Gasteiger partial charge is 0.465 e. The normalized spacial score (nSPS) is 18.5. The molecule has 1 aromatic heterocycles. The molecule has 0 radical (unpaired) electrons. The van der Waals surface area contributed by atoms with E-state index in [-0.39, 0.29) is 25.5 Å². The van der Waals surface area contributed by atoms with Crippen molar-refractivity contribution in [1.29, 1.82) is 0 Å². The topological polar surface area (TPSA) is 151 Å². The van der Waals surface area contributed by atoms with Crippen LogP contribution in [-0.2, 0) is 34.6 Å². The van der Waals surface area contributed by atoms with Gasteiger partial charge < -0.3 is 34.4 Å². The molecular weight excluding hydrogens is 427 g/mol. The van der Waals surface area contributed by atoms with Crippen LogP contribution in [0.4, 0.5) is 5.82 Å². The average molecular weight is 460 g/mol. The smallest absolute Gasteiger partial charge is 0.323 e. The molecule has 0 aliphatic carbocycles. The van der Waals surface area contributed by atoms with Crippen molar-refractivity contribution < 1.29 is 28.1 Å². The number of unbranched alkanes of at least 4 members (excludes halogenated alkanes) is 1. The van der Waals surface area contributed by atoms with Gasteiger partial charge in [-0.25, -0.2) is 10.1 Å². The van der Waals surface area contributed by atoms with E-state index in [0.29, 0.717) is 24.7 Å². The number of fused-ring (bicyclic) bond motifs is 1. The second-order valence-electron chi connectivity index (χ2n) is 6.90. The van der Waals surface area contributed by atoms with Crippen molar-refractivity contribution in [2.75, 3.05) is 33.3 Å². The van der Waals surface area contributed by atoms with E-state index < -0.39 is 25.8 Å². The molecule has 1 aliphatic heterocycles. The Morgan fingerprint density at radius 3 is 2.87 bits per heavy atom. The second-order valence-corrected chi connectivity index (χ2v) is 9.03. The molecule has 0 spiro atoms. The summed E-state index contributed by atoms with van der Waals surface area (Å²) in [5.41, 5.74) is 6.41. The highest BCUT2D eigenvalue weighted by atomic mass is 31.2. The van der Waals surface area contributed by atoms with Crippen molar-refractivity contribution in [1.82, 2.24) is 20.0 Å². The van der Waals surface area contributed by atoms with Gasteiger partial charge in [-0.15, -0.1) is 0 Å². The molecule has 2 rings (SSSR count). The highest BCUT2D eigenvalue weighted by Crippen LogP contribution is 2.43. The van der Waals surface area contributed by atoms with Crippen molar-refractivity contribution in [2.24, 2.45) is 10.7 Å². The number of nitrogens with two attached hydrogens (primary N) is 1. The minimum atomic E-state index is -3.41. The van der Waals surface area contributed by atoms with Crippen LogP contribution in [0.3, 0.4) is 0 Å². The van der Waals surface area contributed by atoms with Crippen molar-refractivity contribution >= 4 is 25.3 Å². The lowest BCUT2D eigenvalue weighted by atomic mass is 10.3. The van der Waals surface area contributed by atoms with Gasteiger partial charge in [-0.1, -0.05) is 13.3 Å². The van der Waals surface area contributed by atoms with Gasteiger partial charge >= 0.3 is 5.97 Å². The Morgan fingerprint density at radius 2 is 2.19 bits per heavy atom. The van der Waals surface area contributed by atoms with E-state index in [1.54, 1.807) is 31.9 Å². The van der Waals surface area contributed by atoms with Gasteiger partial charge in [0.05, 0.1) is 26.1 Å². The molecule has 31 heavy (non-hydrogen) atoms. The molecule has 0 amide bonds. The van der Waals surface area contributed by atoms with Gasteiger partial charge in [0.2, 0.25) is 0 Å². The highest BCUT2D eigenvalue weighted by Gasteiger charge is 2.30. The van der Waals surface area contributed by atoms with Crippen molar-refractivity contribution in [3.8, 4) is 0 Å². The molecule has 1 aliphatic rings. The van der Waals surface area contributed by atoms with Crippen molar-refractivity contribution in [3.63, 3.8) is 0 Å². The summed E-state index contributed by atoms with van der Waals surface area (Å²) in [6.45, 7) is 6.46. The molecule has 12 nitrogen and oxygen atoms in total. The van der Waals surface area contributed by atoms with Gasteiger partial charge in [0.15, 0.2) is 18.0 Å². The molecule has 13 heteroatoms. The molecule has 176 valence electrons. The maximum atomic E-state index is 13.2. The van der Waals surface area contributed by atoms with E-state index in [2.05, 4.69) is 20.4 Å². The molecule has 1 aromatic rings. The number of carbonyl (C=O) groups excluding carboxylic acids is 1. The first-order valence-electron chi connectivity index (χ1n) is 10.3. The minimum Gasteiger partial charge on any atom is -0.465 e. The van der Waals surface area contributed by atoms with Crippen LogP contribution < -0.4 is 16.1 Å². The highest BCUT2D eigenvalue weighted by molar-refractivity contribution is 7.56. The van der Waals surface area contributed by atoms with Crippen LogP contribution >= 0.6 is 7.52 Å². The number of methoxy groups -OCH3 is 1. The standard InChI is InChI=1S/C18H33N6O6P/c1-5-7-9-30-31(26,23-13(3)17(25)29-6-2)12-28-10-8-24-11-20-14-15(24)21-18(19)22-16(14)27-4/h11,13,16H,5-10,12H2,1-4H3,(H,23,26)(H3,19,21,22)/t13-,16?,31?/m1/s1. The third kappa shape index (κ3) is 7.29. The Labute approximate surface area is 182 Å². The number of rotatable bonds is 14. The third-order valence-corrected chi connectivity index (χ3v) is 6.30. The average Bonchev–Trinajstić information content (AvgIpc) is 3.13. The SMILES string of the molecule is CCCCOP(=O)(COCCn1cnc2c1N=C(N)NC2OC)N[C@H](C)C(=O)OCC. The number of imidazole rings is 1. The van der Waals surface area contributed by atoms with Crippen LogP contribution in [0.15, 0.2) is 11.3 Å². The summed E-state index contributed by atoms with van der Waals surface area (Å²) in [4.78, 5) is 20.5. The molecule has 0 aromatic carbocycles. The van der Waals surface area contributed by atoms with Crippen LogP contribution in [0.5, 0.6) is 0 Å². The summed E-state index contributed by atoms with van der Waals surface area (Å²) >= 11 is 0. The molecule has 4 N–H and O–H groups in total. The van der Waals surface area contributed by atoms with Crippen LogP contribution in [0.2, 0.25) is 0 Å². The number of guanidine groups is 1. The quantitative estimate of drug-likeness (QED) is 0.212. The molecule has 2 unspecified atom stereocenters. The van der Waals surface area contributed by atoms with Crippen LogP contribution in [-0.4, -0.2) is 60.8 Å². The van der Waals surface area contributed by atoms with Crippen LogP contribution in [0.1, 0.15) is 45.5 Å². The Kier molecular flexibility index (Phi) is 9.92. The van der Waals surface area contributed by atoms with Gasteiger partial charge in [0, 0.05) is 13.7 Å². The van der Waals surface area contributed by atoms with Gasteiger partial charge in [-0.2, -0.15) is 4.99 Å². The summed E-state index contributed by atoms with van der Waals surface area (Å²) in [6, 6.07) is -0.785. The molecule has 0 fully saturated rings. The van der Waals surface area contributed by atoms with Crippen LogP contribution in [0, 0.1) is 0 Å². The summed E-state index contributed by atoms with van der Waals surface area (Å²) < 4.78 is 36.4. The second kappa shape index (κ2) is 12.2. The monoisotopic (exact) mass is 460 g/mol. The number of nitrogens with zero attached hydrogens (tertiary/aromatic N) is 3. The summed E-state index contributed by atoms with van der Waals surface area (Å²) in [5, 5.41) is 5.63. The van der Waals surface area contributed by atoms with E-state index in [1.807, 2.05) is 6.92 Å². The fraction of sp³-hybridized carbons (Fsp3) is 0.722. The zero-order valence-corrected chi connectivity index (χ0v) is 19.4.